The summed E-state index contributed by atoms with van der Waals surface area (Å²) < 4.78 is 0. The topological polar surface area (TPSA) is 57.0 Å². The highest BCUT2D eigenvalue weighted by Crippen LogP contribution is 2.37. The summed E-state index contributed by atoms with van der Waals surface area (Å²) in [6.45, 7) is 0.522. The molecule has 30 heavy (non-hydrogen) atoms. The minimum Gasteiger partial charge on any atom is -0.327 e. The molecule has 4 aromatic rings. The number of pyridine rings is 1. The molecule has 0 N–H and O–H groups in total. The third-order valence-electron chi connectivity index (χ3n) is 5.66. The Labute approximate surface area is 175 Å². The summed E-state index contributed by atoms with van der Waals surface area (Å²) in [5.41, 5.74) is 5.11. The van der Waals surface area contributed by atoms with Gasteiger partial charge < -0.3 is 4.90 Å². The number of para-hydroxylation sites is 1. The zero-order valence-electron chi connectivity index (χ0n) is 16.3. The van der Waals surface area contributed by atoms with Gasteiger partial charge in [0.05, 0.1) is 23.2 Å². The second-order valence-electron chi connectivity index (χ2n) is 7.55. The number of nitriles is 1. The Balaban J connectivity index is 1.55. The van der Waals surface area contributed by atoms with Crippen LogP contribution in [0.1, 0.15) is 38.8 Å². The first-order chi connectivity index (χ1) is 14.7. The summed E-state index contributed by atoms with van der Waals surface area (Å²) in [7, 11) is 0. The number of aromatic nitrogens is 1. The van der Waals surface area contributed by atoms with Crippen LogP contribution in [-0.4, -0.2) is 15.8 Å². The van der Waals surface area contributed by atoms with E-state index in [4.69, 9.17) is 4.98 Å². The Hall–Kier alpha value is -3.97. The first kappa shape index (κ1) is 18.1. The monoisotopic (exact) mass is 389 g/mol. The molecule has 0 radical (unpaired) electrons. The van der Waals surface area contributed by atoms with Crippen LogP contribution in [0.15, 0.2) is 84.9 Å². The van der Waals surface area contributed by atoms with Crippen molar-refractivity contribution in [2.45, 2.75) is 19.0 Å². The number of nitrogens with zero attached hydrogens (tertiary/aromatic N) is 3. The van der Waals surface area contributed by atoms with E-state index >= 15 is 0 Å². The molecule has 1 aromatic heterocycles. The number of benzene rings is 3. The van der Waals surface area contributed by atoms with Crippen LogP contribution in [0, 0.1) is 11.3 Å². The average Bonchev–Trinajstić information content (AvgIpc) is 3.05. The summed E-state index contributed by atoms with van der Waals surface area (Å²) in [6, 6.07) is 29.5. The second kappa shape index (κ2) is 7.46. The number of hydrogen-bond donors (Lipinski definition) is 0. The summed E-state index contributed by atoms with van der Waals surface area (Å²) in [6.07, 6.45) is 0.602. The zero-order chi connectivity index (χ0) is 20.5. The quantitative estimate of drug-likeness (QED) is 0.491. The molecular weight excluding hydrogens is 370 g/mol. The summed E-state index contributed by atoms with van der Waals surface area (Å²) >= 11 is 0. The first-order valence-corrected chi connectivity index (χ1v) is 9.96. The van der Waals surface area contributed by atoms with E-state index in [2.05, 4.69) is 12.1 Å². The molecule has 1 atom stereocenters. The largest absolute Gasteiger partial charge is 0.327 e. The van der Waals surface area contributed by atoms with E-state index in [9.17, 15) is 10.1 Å². The number of carbonyl (C=O) groups is 1. The van der Waals surface area contributed by atoms with Gasteiger partial charge in [-0.15, -0.1) is 0 Å². The molecule has 0 bridgehead atoms. The molecule has 0 spiro atoms. The Kier molecular flexibility index (Phi) is 4.49. The first-order valence-electron chi connectivity index (χ1n) is 9.96. The Bertz CT molecular complexity index is 1290. The third kappa shape index (κ3) is 3.21. The SMILES string of the molecule is N#Cc1ccc2c(c1)C(Cc1ccc3ccccc3n1)N(Cc1ccccc1)C2=O. The summed E-state index contributed by atoms with van der Waals surface area (Å²) in [5, 5.41) is 10.5. The van der Waals surface area contributed by atoms with Crippen molar-refractivity contribution < 1.29 is 4.79 Å². The van der Waals surface area contributed by atoms with Gasteiger partial charge in [-0.25, -0.2) is 0 Å². The number of fused-ring (bicyclic) bond motifs is 2. The lowest BCUT2D eigenvalue weighted by molar-refractivity contribution is 0.0708. The van der Waals surface area contributed by atoms with Gasteiger partial charge in [0.25, 0.3) is 5.91 Å². The smallest absolute Gasteiger partial charge is 0.255 e. The fourth-order valence-corrected chi connectivity index (χ4v) is 4.17. The lowest BCUT2D eigenvalue weighted by Crippen LogP contribution is -2.29. The van der Waals surface area contributed by atoms with Gasteiger partial charge in [-0.1, -0.05) is 54.6 Å². The van der Waals surface area contributed by atoms with Crippen molar-refractivity contribution in [1.29, 1.82) is 5.26 Å². The Morgan fingerprint density at radius 3 is 2.57 bits per heavy atom. The molecule has 4 nitrogen and oxygen atoms in total. The molecule has 0 fully saturated rings. The van der Waals surface area contributed by atoms with Gasteiger partial charge in [0.2, 0.25) is 0 Å². The predicted octanol–water partition coefficient (Wildman–Crippen LogP) is 5.05. The van der Waals surface area contributed by atoms with Crippen LogP contribution in [-0.2, 0) is 13.0 Å². The highest BCUT2D eigenvalue weighted by atomic mass is 16.2. The van der Waals surface area contributed by atoms with Crippen molar-refractivity contribution in [3.8, 4) is 6.07 Å². The summed E-state index contributed by atoms with van der Waals surface area (Å²) in [5.74, 6) is 0.00383. The molecule has 4 heteroatoms. The highest BCUT2D eigenvalue weighted by molar-refractivity contribution is 5.99. The van der Waals surface area contributed by atoms with E-state index in [-0.39, 0.29) is 11.9 Å². The van der Waals surface area contributed by atoms with E-state index in [1.165, 1.54) is 0 Å². The maximum Gasteiger partial charge on any atom is 0.255 e. The fourth-order valence-electron chi connectivity index (χ4n) is 4.17. The normalized spacial score (nSPS) is 15.2. The number of rotatable bonds is 4. The fraction of sp³-hybridized carbons (Fsp3) is 0.115. The van der Waals surface area contributed by atoms with Crippen LogP contribution >= 0.6 is 0 Å². The molecule has 3 aromatic carbocycles. The zero-order valence-corrected chi connectivity index (χ0v) is 16.3. The van der Waals surface area contributed by atoms with Crippen LogP contribution in [0.25, 0.3) is 10.9 Å². The maximum atomic E-state index is 13.2. The predicted molar refractivity (Wildman–Crippen MR) is 116 cm³/mol. The third-order valence-corrected chi connectivity index (χ3v) is 5.66. The van der Waals surface area contributed by atoms with E-state index in [1.54, 1.807) is 12.1 Å². The van der Waals surface area contributed by atoms with Gasteiger partial charge in [0.1, 0.15) is 0 Å². The van der Waals surface area contributed by atoms with Gasteiger partial charge in [0.15, 0.2) is 0 Å². The Morgan fingerprint density at radius 2 is 1.73 bits per heavy atom. The second-order valence-corrected chi connectivity index (χ2v) is 7.55. The number of carbonyl (C=O) groups excluding carboxylic acids is 1. The lowest BCUT2D eigenvalue weighted by atomic mass is 9.98. The van der Waals surface area contributed by atoms with Gasteiger partial charge in [-0.05, 0) is 41.5 Å². The minimum absolute atomic E-state index is 0.00383. The lowest BCUT2D eigenvalue weighted by Gasteiger charge is -2.25. The van der Waals surface area contributed by atoms with E-state index in [0.29, 0.717) is 24.1 Å². The number of amides is 1. The molecule has 144 valence electrons. The summed E-state index contributed by atoms with van der Waals surface area (Å²) in [4.78, 5) is 20.0. The van der Waals surface area contributed by atoms with Gasteiger partial charge in [-0.2, -0.15) is 5.26 Å². The van der Waals surface area contributed by atoms with Crippen molar-refractivity contribution in [1.82, 2.24) is 9.88 Å². The van der Waals surface area contributed by atoms with Crippen molar-refractivity contribution in [2.24, 2.45) is 0 Å². The molecule has 1 aliphatic heterocycles. The standard InChI is InChI=1S/C26H19N3O/c27-16-19-10-13-22-23(14-19)25(29(26(22)30)17-18-6-2-1-3-7-18)15-21-12-11-20-8-4-5-9-24(20)28-21/h1-14,25H,15,17H2. The van der Waals surface area contributed by atoms with Crippen molar-refractivity contribution in [3.05, 3.63) is 113 Å². The van der Waals surface area contributed by atoms with Crippen LogP contribution in [0.2, 0.25) is 0 Å². The van der Waals surface area contributed by atoms with E-state index < -0.39 is 0 Å². The molecule has 1 aliphatic rings. The number of hydrogen-bond acceptors (Lipinski definition) is 3. The van der Waals surface area contributed by atoms with Crippen molar-refractivity contribution in [2.75, 3.05) is 0 Å². The highest BCUT2D eigenvalue weighted by Gasteiger charge is 2.37. The van der Waals surface area contributed by atoms with E-state index in [1.807, 2.05) is 71.6 Å². The van der Waals surface area contributed by atoms with E-state index in [0.717, 1.165) is 27.7 Å². The van der Waals surface area contributed by atoms with Gasteiger partial charge >= 0.3 is 0 Å². The molecular formula is C26H19N3O. The molecule has 0 saturated heterocycles. The molecule has 1 unspecified atom stereocenters. The molecule has 5 rings (SSSR count). The van der Waals surface area contributed by atoms with Gasteiger partial charge in [-0.3, -0.25) is 9.78 Å². The minimum atomic E-state index is -0.158. The van der Waals surface area contributed by atoms with Crippen molar-refractivity contribution in [3.63, 3.8) is 0 Å². The average molecular weight is 389 g/mol. The van der Waals surface area contributed by atoms with Crippen LogP contribution in [0.4, 0.5) is 0 Å². The maximum absolute atomic E-state index is 13.2. The Morgan fingerprint density at radius 1 is 0.933 bits per heavy atom. The molecule has 0 aliphatic carbocycles. The van der Waals surface area contributed by atoms with Gasteiger partial charge in [0, 0.05) is 29.6 Å². The molecule has 2 heterocycles. The van der Waals surface area contributed by atoms with Crippen LogP contribution in [0.5, 0.6) is 0 Å². The van der Waals surface area contributed by atoms with Crippen LogP contribution in [0.3, 0.4) is 0 Å². The molecule has 0 saturated carbocycles. The van der Waals surface area contributed by atoms with Crippen LogP contribution < -0.4 is 0 Å². The molecule has 1 amide bonds. The van der Waals surface area contributed by atoms with Crippen molar-refractivity contribution >= 4 is 16.8 Å².